The molecule has 0 spiro atoms. The molecule has 0 aromatic carbocycles. The van der Waals surface area contributed by atoms with E-state index in [1.165, 1.54) is 6.21 Å². The molecule has 0 atom stereocenters. The summed E-state index contributed by atoms with van der Waals surface area (Å²) in [5.41, 5.74) is 0. The fraction of sp³-hybridized carbons (Fsp3) is 0.333. The zero-order valence-corrected chi connectivity index (χ0v) is 3.67. The number of hydrogen-bond acceptors (Lipinski definition) is 4. The molecule has 0 rings (SSSR count). The van der Waals surface area contributed by atoms with Gasteiger partial charge in [-0.1, -0.05) is 0 Å². The standard InChI is InChI=1S/C3H3NO3/c1-7-3(5)2-4-6/h1H3. The van der Waals surface area contributed by atoms with E-state index >= 15 is 0 Å². The Morgan fingerprint density at radius 2 is 2.57 bits per heavy atom. The molecule has 0 unspecified atom stereocenters. The minimum atomic E-state index is -0.852. The molecule has 0 aliphatic rings. The predicted octanol–water partition coefficient (Wildman–Crippen LogP) is -0.395. The van der Waals surface area contributed by atoms with Crippen molar-refractivity contribution in [1.29, 1.82) is 0 Å². The number of methoxy groups -OCH3 is 1. The van der Waals surface area contributed by atoms with Crippen molar-refractivity contribution in [3.05, 3.63) is 5.21 Å². The normalized spacial score (nSPS) is 8.14. The van der Waals surface area contributed by atoms with Gasteiger partial charge in [0.2, 0.25) is 0 Å². The van der Waals surface area contributed by atoms with E-state index in [0.29, 0.717) is 0 Å². The Morgan fingerprint density at radius 1 is 2.00 bits per heavy atom. The third kappa shape index (κ3) is 2.66. The Kier molecular flexibility index (Phi) is 2.55. The first-order valence-corrected chi connectivity index (χ1v) is 1.47. The van der Waals surface area contributed by atoms with Gasteiger partial charge in [0.1, 0.15) is 0 Å². The maximum atomic E-state index is 9.78. The van der Waals surface area contributed by atoms with Crippen molar-refractivity contribution >= 4 is 12.2 Å². The number of ether oxygens (including phenoxy) is 1. The summed E-state index contributed by atoms with van der Waals surface area (Å²) in [6, 6.07) is 0. The molecular weight excluding hydrogens is 98.0 g/mol. The molecule has 0 aromatic rings. The van der Waals surface area contributed by atoms with Crippen molar-refractivity contribution in [2.75, 3.05) is 7.11 Å². The lowest BCUT2D eigenvalue weighted by Crippen LogP contribution is -1.99. The first-order chi connectivity index (χ1) is 3.31. The van der Waals surface area contributed by atoms with Crippen LogP contribution in [0.25, 0.3) is 0 Å². The van der Waals surface area contributed by atoms with Gasteiger partial charge in [0.25, 0.3) is 0 Å². The fourth-order valence-electron chi connectivity index (χ4n) is 0.0829. The smallest absolute Gasteiger partial charge is 0.616 e. The molecule has 0 aliphatic heterocycles. The van der Waals surface area contributed by atoms with Crippen LogP contribution >= 0.6 is 0 Å². The topological polar surface area (TPSA) is 61.7 Å². The fourth-order valence-corrected chi connectivity index (χ4v) is 0.0829. The number of nitrogens with zero attached hydrogens (tertiary/aromatic N) is 1. The van der Waals surface area contributed by atoms with Gasteiger partial charge in [0, 0.05) is 0 Å². The predicted molar refractivity (Wildman–Crippen MR) is 22.8 cm³/mol. The highest BCUT2D eigenvalue weighted by molar-refractivity contribution is 6.23. The third-order valence-corrected chi connectivity index (χ3v) is 0.322. The van der Waals surface area contributed by atoms with E-state index in [-0.39, 0.29) is 0 Å². The summed E-state index contributed by atoms with van der Waals surface area (Å²) >= 11 is 0. The number of carbonyl (C=O) groups is 1. The lowest BCUT2D eigenvalue weighted by Gasteiger charge is -1.72. The molecule has 0 saturated carbocycles. The molecule has 0 fully saturated rings. The Bertz CT molecular complexity index is 88.2. The highest BCUT2D eigenvalue weighted by Crippen LogP contribution is 1.64. The maximum absolute atomic E-state index is 9.78. The molecule has 7 heavy (non-hydrogen) atoms. The molecule has 0 N–H and O–H groups in total. The molecule has 0 aliphatic carbocycles. The summed E-state index contributed by atoms with van der Waals surface area (Å²) < 4.78 is 3.95. The van der Waals surface area contributed by atoms with Gasteiger partial charge in [-0.2, -0.15) is 4.79 Å². The lowest BCUT2D eigenvalue weighted by molar-refractivity contribution is -0.132. The summed E-state index contributed by atoms with van der Waals surface area (Å²) in [4.78, 5) is 9.78. The first-order valence-electron chi connectivity index (χ1n) is 1.47. The maximum Gasteiger partial charge on any atom is 0.616 e. The molecule has 0 amide bonds. The van der Waals surface area contributed by atoms with Crippen molar-refractivity contribution in [2.45, 2.75) is 0 Å². The molecule has 4 nitrogen and oxygen atoms in total. The van der Waals surface area contributed by atoms with Crippen LogP contribution in [0.3, 0.4) is 0 Å². The van der Waals surface area contributed by atoms with Crippen LogP contribution in [0, 0.1) is 5.21 Å². The number of rotatable bonds is 1. The Morgan fingerprint density at radius 3 is 2.71 bits per heavy atom. The average Bonchev–Trinajstić information content (AvgIpc) is 1.68. The number of esters is 1. The van der Waals surface area contributed by atoms with Gasteiger partial charge in [-0.25, -0.2) is 0 Å². The average molecular weight is 101 g/mol. The number of carbonyl (C=O) groups excluding carboxylic acids is 1. The van der Waals surface area contributed by atoms with Gasteiger partial charge < -0.3 is 9.94 Å². The van der Waals surface area contributed by atoms with Crippen molar-refractivity contribution in [3.63, 3.8) is 0 Å². The lowest BCUT2D eigenvalue weighted by atomic mass is 10.8. The van der Waals surface area contributed by atoms with Crippen LogP contribution in [-0.4, -0.2) is 19.3 Å². The Balaban J connectivity index is 3.37. The quantitative estimate of drug-likeness (QED) is 0.195. The highest BCUT2D eigenvalue weighted by Gasteiger charge is 2.09. The van der Waals surface area contributed by atoms with Crippen molar-refractivity contribution in [3.8, 4) is 0 Å². The summed E-state index contributed by atoms with van der Waals surface area (Å²) in [5.74, 6) is -0.852. The molecule has 0 saturated heterocycles. The van der Waals surface area contributed by atoms with E-state index < -0.39 is 5.97 Å². The first kappa shape index (κ1) is 5.85. The van der Waals surface area contributed by atoms with Crippen LogP contribution in [0.5, 0.6) is 0 Å². The van der Waals surface area contributed by atoms with E-state index in [0.717, 1.165) is 7.11 Å². The van der Waals surface area contributed by atoms with Crippen LogP contribution in [0.4, 0.5) is 0 Å². The number of hydrogen-bond donors (Lipinski definition) is 0. The second-order valence-corrected chi connectivity index (χ2v) is 0.695. The Hall–Kier alpha value is -1.15. The summed E-state index contributed by atoms with van der Waals surface area (Å²) in [5, 5.41) is 11.1. The summed E-state index contributed by atoms with van der Waals surface area (Å²) in [7, 11) is 1.14. The van der Waals surface area contributed by atoms with Gasteiger partial charge in [-0.15, -0.1) is 0 Å². The van der Waals surface area contributed by atoms with Crippen LogP contribution < -0.4 is 0 Å². The van der Waals surface area contributed by atoms with Crippen molar-refractivity contribution in [1.82, 2.24) is 0 Å². The minimum Gasteiger partial charge on any atom is -0.748 e. The SMILES string of the molecule is COC(=O)[C+]=N[O-]. The summed E-state index contributed by atoms with van der Waals surface area (Å²) in [6.07, 6.45) is 1.50. The van der Waals surface area contributed by atoms with E-state index in [2.05, 4.69) is 4.74 Å². The monoisotopic (exact) mass is 101 g/mol. The second-order valence-electron chi connectivity index (χ2n) is 0.695. The van der Waals surface area contributed by atoms with Crippen molar-refractivity contribution < 1.29 is 9.53 Å². The van der Waals surface area contributed by atoms with Crippen LogP contribution in [-0.2, 0) is 9.53 Å². The molecular formula is C3H3NO3. The van der Waals surface area contributed by atoms with Crippen LogP contribution in [0.15, 0.2) is 5.16 Å². The van der Waals surface area contributed by atoms with Gasteiger partial charge in [0.15, 0.2) is 0 Å². The molecule has 0 bridgehead atoms. The van der Waals surface area contributed by atoms with Crippen LogP contribution in [0.1, 0.15) is 0 Å². The zero-order chi connectivity index (χ0) is 5.70. The third-order valence-electron chi connectivity index (χ3n) is 0.322. The van der Waals surface area contributed by atoms with E-state index in [4.69, 9.17) is 5.21 Å². The second kappa shape index (κ2) is 3.06. The van der Waals surface area contributed by atoms with E-state index in [1.807, 2.05) is 5.16 Å². The molecule has 0 radical (unpaired) electrons. The van der Waals surface area contributed by atoms with Gasteiger partial charge in [0.05, 0.1) is 7.11 Å². The Labute approximate surface area is 40.4 Å². The zero-order valence-electron chi connectivity index (χ0n) is 3.67. The van der Waals surface area contributed by atoms with Crippen LogP contribution in [0.2, 0.25) is 0 Å². The minimum absolute atomic E-state index is 0.852. The molecule has 0 aromatic heterocycles. The van der Waals surface area contributed by atoms with E-state index in [9.17, 15) is 4.79 Å². The molecule has 38 valence electrons. The molecule has 4 heteroatoms. The van der Waals surface area contributed by atoms with Crippen molar-refractivity contribution in [2.24, 2.45) is 5.16 Å². The molecule has 0 heterocycles. The highest BCUT2D eigenvalue weighted by atomic mass is 16.5. The largest absolute Gasteiger partial charge is 0.748 e. The van der Waals surface area contributed by atoms with Gasteiger partial charge in [-0.3, -0.25) is 0 Å². The van der Waals surface area contributed by atoms with E-state index in [1.54, 1.807) is 0 Å². The summed E-state index contributed by atoms with van der Waals surface area (Å²) in [6.45, 7) is 0. The van der Waals surface area contributed by atoms with Gasteiger partial charge >= 0.3 is 12.2 Å². The van der Waals surface area contributed by atoms with Gasteiger partial charge in [-0.05, 0) is 5.16 Å².